The van der Waals surface area contributed by atoms with Crippen LogP contribution in [0.2, 0.25) is 0 Å². The summed E-state index contributed by atoms with van der Waals surface area (Å²) >= 11 is 0. The molecule has 2 rings (SSSR count). The molecule has 0 unspecified atom stereocenters. The van der Waals surface area contributed by atoms with E-state index in [1.807, 2.05) is 32.9 Å². The molecule has 0 amide bonds. The number of nitrogens with zero attached hydrogens (tertiary/aromatic N) is 2. The number of benzene rings is 1. The van der Waals surface area contributed by atoms with Crippen LogP contribution in [0.3, 0.4) is 0 Å². The summed E-state index contributed by atoms with van der Waals surface area (Å²) in [7, 11) is 0. The average Bonchev–Trinajstić information content (AvgIpc) is 2.45. The van der Waals surface area contributed by atoms with Crippen molar-refractivity contribution in [1.82, 2.24) is 4.98 Å². The fourth-order valence-electron chi connectivity index (χ4n) is 2.05. The summed E-state index contributed by atoms with van der Waals surface area (Å²) in [6.07, 6.45) is 1.96. The number of nitrogens with one attached hydrogen (secondary N) is 1. The summed E-state index contributed by atoms with van der Waals surface area (Å²) in [5.74, 6) is 0.413. The van der Waals surface area contributed by atoms with Crippen molar-refractivity contribution in [2.75, 3.05) is 11.9 Å². The molecular formula is C17H19N3O2. The Labute approximate surface area is 129 Å². The van der Waals surface area contributed by atoms with E-state index < -0.39 is 5.60 Å². The maximum Gasteiger partial charge on any atom is 0.308 e. The van der Waals surface area contributed by atoms with Crippen LogP contribution in [-0.2, 0) is 9.53 Å². The number of anilines is 1. The molecule has 0 aliphatic rings. The van der Waals surface area contributed by atoms with E-state index in [1.165, 1.54) is 0 Å². The normalized spacial score (nSPS) is 11.0. The second kappa shape index (κ2) is 6.44. The number of pyridine rings is 1. The van der Waals surface area contributed by atoms with Crippen molar-refractivity contribution in [3.05, 3.63) is 36.0 Å². The maximum atomic E-state index is 11.7. The lowest BCUT2D eigenvalue weighted by atomic mass is 10.1. The molecule has 0 radical (unpaired) electrons. The van der Waals surface area contributed by atoms with E-state index in [4.69, 9.17) is 10.00 Å². The Morgan fingerprint density at radius 3 is 2.82 bits per heavy atom. The van der Waals surface area contributed by atoms with E-state index in [0.717, 1.165) is 10.8 Å². The number of hydrogen-bond donors (Lipinski definition) is 1. The standard InChI is InChI=1S/C17H19N3O2/c1-17(2,3)22-15(21)7-9-20-16-14-10-12(11-18)4-5-13(14)6-8-19-16/h4-6,8,10H,7,9H2,1-3H3,(H,19,20). The molecule has 0 saturated heterocycles. The second-order valence-corrected chi connectivity index (χ2v) is 5.97. The van der Waals surface area contributed by atoms with Gasteiger partial charge in [0.15, 0.2) is 0 Å². The minimum absolute atomic E-state index is 0.252. The molecule has 0 aliphatic heterocycles. The Bertz CT molecular complexity index is 727. The molecule has 1 aromatic carbocycles. The van der Waals surface area contributed by atoms with Gasteiger partial charge < -0.3 is 10.1 Å². The van der Waals surface area contributed by atoms with Crippen molar-refractivity contribution in [3.8, 4) is 6.07 Å². The van der Waals surface area contributed by atoms with Crippen LogP contribution in [0.1, 0.15) is 32.8 Å². The molecule has 1 N–H and O–H groups in total. The number of esters is 1. The van der Waals surface area contributed by atoms with Gasteiger partial charge in [-0.2, -0.15) is 5.26 Å². The molecule has 0 spiro atoms. The number of hydrogen-bond acceptors (Lipinski definition) is 5. The van der Waals surface area contributed by atoms with E-state index in [0.29, 0.717) is 17.9 Å². The van der Waals surface area contributed by atoms with Crippen LogP contribution in [0.4, 0.5) is 5.82 Å². The summed E-state index contributed by atoms with van der Waals surface area (Å²) in [4.78, 5) is 16.0. The first-order chi connectivity index (χ1) is 10.4. The summed E-state index contributed by atoms with van der Waals surface area (Å²) in [5, 5.41) is 14.0. The van der Waals surface area contributed by atoms with Crippen LogP contribution in [0.5, 0.6) is 0 Å². The Morgan fingerprint density at radius 1 is 1.36 bits per heavy atom. The lowest BCUT2D eigenvalue weighted by Crippen LogP contribution is -2.25. The third kappa shape index (κ3) is 4.19. The lowest BCUT2D eigenvalue weighted by Gasteiger charge is -2.19. The van der Waals surface area contributed by atoms with Crippen LogP contribution in [-0.4, -0.2) is 23.1 Å². The zero-order valence-electron chi connectivity index (χ0n) is 13.0. The van der Waals surface area contributed by atoms with E-state index in [2.05, 4.69) is 16.4 Å². The molecule has 0 bridgehead atoms. The maximum absolute atomic E-state index is 11.7. The van der Waals surface area contributed by atoms with Crippen LogP contribution >= 0.6 is 0 Å². The first-order valence-electron chi connectivity index (χ1n) is 7.13. The molecule has 2 aromatic rings. The zero-order valence-corrected chi connectivity index (χ0v) is 13.0. The van der Waals surface area contributed by atoms with Gasteiger partial charge >= 0.3 is 5.97 Å². The fraction of sp³-hybridized carbons (Fsp3) is 0.353. The topological polar surface area (TPSA) is 75.0 Å². The second-order valence-electron chi connectivity index (χ2n) is 5.97. The third-order valence-electron chi connectivity index (χ3n) is 2.94. The van der Waals surface area contributed by atoms with Gasteiger partial charge in [-0.25, -0.2) is 4.98 Å². The first-order valence-corrected chi connectivity index (χ1v) is 7.13. The number of carbonyl (C=O) groups is 1. The number of aromatic nitrogens is 1. The van der Waals surface area contributed by atoms with Gasteiger partial charge in [-0.05, 0) is 44.4 Å². The highest BCUT2D eigenvalue weighted by Crippen LogP contribution is 2.22. The smallest absolute Gasteiger partial charge is 0.308 e. The van der Waals surface area contributed by atoms with Gasteiger partial charge in [0, 0.05) is 18.1 Å². The molecule has 0 saturated carbocycles. The molecule has 22 heavy (non-hydrogen) atoms. The first kappa shape index (κ1) is 15.8. The van der Waals surface area contributed by atoms with Gasteiger partial charge in [0.2, 0.25) is 0 Å². The summed E-state index contributed by atoms with van der Waals surface area (Å²) in [5.41, 5.74) is 0.104. The van der Waals surface area contributed by atoms with Gasteiger partial charge in [0.25, 0.3) is 0 Å². The van der Waals surface area contributed by atoms with Crippen LogP contribution in [0.15, 0.2) is 30.5 Å². The van der Waals surface area contributed by atoms with Crippen molar-refractivity contribution < 1.29 is 9.53 Å². The predicted molar refractivity (Wildman–Crippen MR) is 85.4 cm³/mol. The lowest BCUT2D eigenvalue weighted by molar-refractivity contribution is -0.154. The Morgan fingerprint density at radius 2 is 2.14 bits per heavy atom. The average molecular weight is 297 g/mol. The minimum Gasteiger partial charge on any atom is -0.460 e. The van der Waals surface area contributed by atoms with E-state index >= 15 is 0 Å². The minimum atomic E-state index is -0.476. The Balaban J connectivity index is 2.06. The molecule has 1 heterocycles. The van der Waals surface area contributed by atoms with Crippen molar-refractivity contribution in [2.45, 2.75) is 32.8 Å². The van der Waals surface area contributed by atoms with Crippen molar-refractivity contribution in [1.29, 1.82) is 5.26 Å². The molecule has 5 nitrogen and oxygen atoms in total. The molecule has 1 aromatic heterocycles. The monoisotopic (exact) mass is 297 g/mol. The SMILES string of the molecule is CC(C)(C)OC(=O)CCNc1nccc2ccc(C#N)cc12. The Hall–Kier alpha value is -2.61. The molecule has 5 heteroatoms. The number of fused-ring (bicyclic) bond motifs is 1. The third-order valence-corrected chi connectivity index (χ3v) is 2.94. The molecular weight excluding hydrogens is 278 g/mol. The molecule has 0 atom stereocenters. The van der Waals surface area contributed by atoms with Crippen LogP contribution < -0.4 is 5.32 Å². The highest BCUT2D eigenvalue weighted by molar-refractivity contribution is 5.92. The largest absolute Gasteiger partial charge is 0.460 e. The zero-order chi connectivity index (χ0) is 16.2. The summed E-state index contributed by atoms with van der Waals surface area (Å²) in [6, 6.07) is 9.45. The van der Waals surface area contributed by atoms with Crippen molar-refractivity contribution in [3.63, 3.8) is 0 Å². The van der Waals surface area contributed by atoms with Gasteiger partial charge in [0.1, 0.15) is 11.4 Å². The summed E-state index contributed by atoms with van der Waals surface area (Å²) < 4.78 is 5.26. The number of rotatable bonds is 4. The van der Waals surface area contributed by atoms with Gasteiger partial charge in [-0.3, -0.25) is 4.79 Å². The predicted octanol–water partition coefficient (Wildman–Crippen LogP) is 3.25. The van der Waals surface area contributed by atoms with E-state index in [-0.39, 0.29) is 12.4 Å². The van der Waals surface area contributed by atoms with Gasteiger partial charge in [-0.1, -0.05) is 6.07 Å². The van der Waals surface area contributed by atoms with E-state index in [1.54, 1.807) is 18.3 Å². The summed E-state index contributed by atoms with van der Waals surface area (Å²) in [6.45, 7) is 5.95. The molecule has 0 fully saturated rings. The molecule has 0 aliphatic carbocycles. The van der Waals surface area contributed by atoms with Crippen LogP contribution in [0, 0.1) is 11.3 Å². The van der Waals surface area contributed by atoms with Gasteiger partial charge in [0.05, 0.1) is 18.1 Å². The van der Waals surface area contributed by atoms with Crippen molar-refractivity contribution in [2.24, 2.45) is 0 Å². The number of nitriles is 1. The van der Waals surface area contributed by atoms with Crippen molar-refractivity contribution >= 4 is 22.6 Å². The molecule has 114 valence electrons. The Kier molecular flexibility index (Phi) is 4.62. The van der Waals surface area contributed by atoms with Gasteiger partial charge in [-0.15, -0.1) is 0 Å². The highest BCUT2D eigenvalue weighted by Gasteiger charge is 2.15. The number of carbonyl (C=O) groups excluding carboxylic acids is 1. The fourth-order valence-corrected chi connectivity index (χ4v) is 2.05. The quantitative estimate of drug-likeness (QED) is 0.877. The van der Waals surface area contributed by atoms with E-state index in [9.17, 15) is 4.79 Å². The number of ether oxygens (including phenoxy) is 1. The highest BCUT2D eigenvalue weighted by atomic mass is 16.6. The van der Waals surface area contributed by atoms with Crippen LogP contribution in [0.25, 0.3) is 10.8 Å².